The Labute approximate surface area is 116 Å². The van der Waals surface area contributed by atoms with E-state index in [0.29, 0.717) is 18.1 Å². The summed E-state index contributed by atoms with van der Waals surface area (Å²) in [7, 11) is 0. The highest BCUT2D eigenvalue weighted by Crippen LogP contribution is 2.40. The van der Waals surface area contributed by atoms with Gasteiger partial charge in [0, 0.05) is 12.1 Å². The van der Waals surface area contributed by atoms with Crippen LogP contribution in [0.1, 0.15) is 48.4 Å². The summed E-state index contributed by atoms with van der Waals surface area (Å²) in [6.45, 7) is 1.71. The molecule has 0 bridgehead atoms. The molecule has 20 heavy (non-hydrogen) atoms. The fourth-order valence-corrected chi connectivity index (χ4v) is 3.57. The van der Waals surface area contributed by atoms with E-state index in [1.54, 1.807) is 13.0 Å². The topological polar surface area (TPSA) is 83.6 Å². The van der Waals surface area contributed by atoms with E-state index in [1.807, 2.05) is 0 Å². The summed E-state index contributed by atoms with van der Waals surface area (Å²) in [6.07, 6.45) is 4.63. The lowest BCUT2D eigenvalue weighted by Gasteiger charge is -2.32. The molecule has 1 aromatic heterocycles. The Morgan fingerprint density at radius 2 is 2.15 bits per heavy atom. The van der Waals surface area contributed by atoms with Gasteiger partial charge in [-0.3, -0.25) is 4.79 Å². The standard InChI is InChI=1S/C14H18N2O4/c1-8-6-10(15-20-8)13(17)16-11-5-3-2-4-9(11)7-12(16)14(18)19/h6,9,11-12H,2-5,7H2,1H3,(H,18,19)/t9-,11+,12+/m1/s1. The van der Waals surface area contributed by atoms with Crippen LogP contribution in [0, 0.1) is 12.8 Å². The van der Waals surface area contributed by atoms with Crippen molar-refractivity contribution in [2.24, 2.45) is 5.92 Å². The number of hydrogen-bond acceptors (Lipinski definition) is 4. The van der Waals surface area contributed by atoms with E-state index in [4.69, 9.17) is 4.52 Å². The van der Waals surface area contributed by atoms with Crippen LogP contribution in [0.5, 0.6) is 0 Å². The van der Waals surface area contributed by atoms with Gasteiger partial charge in [-0.05, 0) is 32.1 Å². The molecule has 108 valence electrons. The molecule has 6 nitrogen and oxygen atoms in total. The first-order valence-electron chi connectivity index (χ1n) is 7.06. The second-order valence-corrected chi connectivity index (χ2v) is 5.74. The third-order valence-electron chi connectivity index (χ3n) is 4.45. The van der Waals surface area contributed by atoms with Gasteiger partial charge in [0.1, 0.15) is 11.8 Å². The molecular weight excluding hydrogens is 260 g/mol. The fourth-order valence-electron chi connectivity index (χ4n) is 3.57. The maximum Gasteiger partial charge on any atom is 0.326 e. The molecule has 1 aromatic rings. The predicted molar refractivity (Wildman–Crippen MR) is 69.2 cm³/mol. The van der Waals surface area contributed by atoms with Gasteiger partial charge >= 0.3 is 5.97 Å². The molecule has 1 aliphatic carbocycles. The first-order chi connectivity index (χ1) is 9.58. The lowest BCUT2D eigenvalue weighted by Crippen LogP contribution is -2.46. The second kappa shape index (κ2) is 4.92. The highest BCUT2D eigenvalue weighted by Gasteiger charge is 2.48. The third kappa shape index (κ3) is 2.09. The van der Waals surface area contributed by atoms with Crippen molar-refractivity contribution in [3.05, 3.63) is 17.5 Å². The SMILES string of the molecule is Cc1cc(C(=O)N2[C@H](C(=O)O)C[C@H]3CCCC[C@@H]32)no1. The van der Waals surface area contributed by atoms with Crippen LogP contribution in [0.2, 0.25) is 0 Å². The molecule has 0 unspecified atom stereocenters. The number of carboxylic acid groups (broad SMARTS) is 1. The van der Waals surface area contributed by atoms with E-state index in [0.717, 1.165) is 25.7 Å². The minimum absolute atomic E-state index is 0.0364. The monoisotopic (exact) mass is 278 g/mol. The normalized spacial score (nSPS) is 29.2. The number of hydrogen-bond donors (Lipinski definition) is 1. The van der Waals surface area contributed by atoms with Crippen LogP contribution in [0.3, 0.4) is 0 Å². The van der Waals surface area contributed by atoms with E-state index >= 15 is 0 Å². The smallest absolute Gasteiger partial charge is 0.326 e. The maximum atomic E-state index is 12.6. The Hall–Kier alpha value is -1.85. The number of carbonyl (C=O) groups is 2. The van der Waals surface area contributed by atoms with Gasteiger partial charge in [0.2, 0.25) is 0 Å². The highest BCUT2D eigenvalue weighted by molar-refractivity contribution is 5.95. The van der Waals surface area contributed by atoms with Crippen molar-refractivity contribution in [1.29, 1.82) is 0 Å². The van der Waals surface area contributed by atoms with Gasteiger partial charge in [0.15, 0.2) is 5.69 Å². The average molecular weight is 278 g/mol. The molecule has 3 atom stereocenters. The lowest BCUT2D eigenvalue weighted by atomic mass is 9.84. The molecule has 1 saturated heterocycles. The van der Waals surface area contributed by atoms with Gasteiger partial charge in [-0.15, -0.1) is 0 Å². The molecule has 1 aliphatic heterocycles. The molecule has 2 fully saturated rings. The number of nitrogens with zero attached hydrogens (tertiary/aromatic N) is 2. The summed E-state index contributed by atoms with van der Waals surface area (Å²) in [5.41, 5.74) is 0.208. The number of carboxylic acids is 1. The molecule has 0 spiro atoms. The van der Waals surface area contributed by atoms with E-state index in [9.17, 15) is 14.7 Å². The number of carbonyl (C=O) groups excluding carboxylic acids is 1. The second-order valence-electron chi connectivity index (χ2n) is 5.74. The van der Waals surface area contributed by atoms with Crippen molar-refractivity contribution in [2.45, 2.75) is 51.1 Å². The largest absolute Gasteiger partial charge is 0.480 e. The van der Waals surface area contributed by atoms with E-state index in [1.165, 1.54) is 4.90 Å². The quantitative estimate of drug-likeness (QED) is 0.892. The molecule has 1 saturated carbocycles. The minimum Gasteiger partial charge on any atom is -0.480 e. The van der Waals surface area contributed by atoms with E-state index in [2.05, 4.69) is 5.16 Å². The fraction of sp³-hybridized carbons (Fsp3) is 0.643. The van der Waals surface area contributed by atoms with Gasteiger partial charge in [-0.1, -0.05) is 18.0 Å². The summed E-state index contributed by atoms with van der Waals surface area (Å²) in [5, 5.41) is 13.1. The zero-order chi connectivity index (χ0) is 14.3. The lowest BCUT2D eigenvalue weighted by molar-refractivity contribution is -0.141. The molecule has 1 amide bonds. The zero-order valence-electron chi connectivity index (χ0n) is 11.4. The molecule has 1 N–H and O–H groups in total. The van der Waals surface area contributed by atoms with E-state index in [-0.39, 0.29) is 17.6 Å². The summed E-state index contributed by atoms with van der Waals surface area (Å²) >= 11 is 0. The Bertz CT molecular complexity index is 539. The number of aryl methyl sites for hydroxylation is 1. The van der Waals surface area contributed by atoms with Crippen LogP contribution in [0.25, 0.3) is 0 Å². The van der Waals surface area contributed by atoms with Crippen molar-refractivity contribution in [2.75, 3.05) is 0 Å². The summed E-state index contributed by atoms with van der Waals surface area (Å²) < 4.78 is 4.93. The number of fused-ring (bicyclic) bond motifs is 1. The molecule has 0 aromatic carbocycles. The third-order valence-corrected chi connectivity index (χ3v) is 4.45. The first kappa shape index (κ1) is 13.1. The maximum absolute atomic E-state index is 12.6. The van der Waals surface area contributed by atoms with Gasteiger partial charge in [-0.2, -0.15) is 0 Å². The van der Waals surface area contributed by atoms with Gasteiger partial charge in [0.05, 0.1) is 0 Å². The number of rotatable bonds is 2. The van der Waals surface area contributed by atoms with Gasteiger partial charge in [0.25, 0.3) is 5.91 Å². The molecule has 2 heterocycles. The summed E-state index contributed by atoms with van der Waals surface area (Å²) in [4.78, 5) is 25.6. The Kier molecular flexibility index (Phi) is 3.23. The Balaban J connectivity index is 1.90. The highest BCUT2D eigenvalue weighted by atomic mass is 16.5. The zero-order valence-corrected chi connectivity index (χ0v) is 11.4. The van der Waals surface area contributed by atoms with Crippen LogP contribution in [0.15, 0.2) is 10.6 Å². The molecule has 2 aliphatic rings. The van der Waals surface area contributed by atoms with Crippen molar-refractivity contribution >= 4 is 11.9 Å². The average Bonchev–Trinajstić information content (AvgIpc) is 3.01. The Morgan fingerprint density at radius 1 is 1.40 bits per heavy atom. The van der Waals surface area contributed by atoms with Crippen molar-refractivity contribution < 1.29 is 19.2 Å². The van der Waals surface area contributed by atoms with Gasteiger partial charge < -0.3 is 14.5 Å². The van der Waals surface area contributed by atoms with Crippen LogP contribution < -0.4 is 0 Å². The molecular formula is C14H18N2O4. The minimum atomic E-state index is -0.923. The van der Waals surface area contributed by atoms with Crippen molar-refractivity contribution in [3.8, 4) is 0 Å². The summed E-state index contributed by atoms with van der Waals surface area (Å²) in [6, 6.07) is 0.874. The van der Waals surface area contributed by atoms with Crippen LogP contribution in [0.4, 0.5) is 0 Å². The van der Waals surface area contributed by atoms with Crippen molar-refractivity contribution in [3.63, 3.8) is 0 Å². The van der Waals surface area contributed by atoms with Gasteiger partial charge in [-0.25, -0.2) is 4.79 Å². The summed E-state index contributed by atoms with van der Waals surface area (Å²) in [5.74, 6) is -0.377. The Morgan fingerprint density at radius 3 is 2.80 bits per heavy atom. The molecule has 3 rings (SSSR count). The predicted octanol–water partition coefficient (Wildman–Crippen LogP) is 1.84. The van der Waals surface area contributed by atoms with Crippen LogP contribution in [-0.4, -0.2) is 39.1 Å². The van der Waals surface area contributed by atoms with Crippen LogP contribution >= 0.6 is 0 Å². The first-order valence-corrected chi connectivity index (χ1v) is 7.06. The van der Waals surface area contributed by atoms with Crippen molar-refractivity contribution in [1.82, 2.24) is 10.1 Å². The van der Waals surface area contributed by atoms with E-state index < -0.39 is 12.0 Å². The molecule has 6 heteroatoms. The molecule has 0 radical (unpaired) electrons. The van der Waals surface area contributed by atoms with Crippen LogP contribution in [-0.2, 0) is 4.79 Å². The number of aromatic nitrogens is 1. The number of amides is 1. The number of likely N-dealkylation sites (tertiary alicyclic amines) is 1. The number of aliphatic carboxylic acids is 1.